The van der Waals surface area contributed by atoms with Crippen molar-refractivity contribution in [2.24, 2.45) is 11.8 Å². The number of carbonyl (C=O) groups excluding carboxylic acids is 2. The number of hydrogen-bond acceptors (Lipinski definition) is 8. The molecule has 0 saturated heterocycles. The van der Waals surface area contributed by atoms with Gasteiger partial charge in [-0.1, -0.05) is 25.7 Å². The number of hydroxylamine groups is 2. The van der Waals surface area contributed by atoms with Gasteiger partial charge in [0.25, 0.3) is 0 Å². The first-order valence-corrected chi connectivity index (χ1v) is 9.86. The highest BCUT2D eigenvalue weighted by Crippen LogP contribution is 2.38. The molecular weight excluding hydrogens is 362 g/mol. The molecule has 0 unspecified atom stereocenters. The monoisotopic (exact) mass is 391 g/mol. The van der Waals surface area contributed by atoms with Crippen LogP contribution < -0.4 is 15.8 Å². The lowest BCUT2D eigenvalue weighted by molar-refractivity contribution is -0.154. The molecule has 2 fully saturated rings. The average Bonchev–Trinajstić information content (AvgIpc) is 3.42. The van der Waals surface area contributed by atoms with Crippen molar-refractivity contribution < 1.29 is 14.8 Å². The van der Waals surface area contributed by atoms with Crippen molar-refractivity contribution in [2.75, 3.05) is 31.0 Å². The van der Waals surface area contributed by atoms with Crippen LogP contribution in [0.4, 0.5) is 11.9 Å². The number of nitrogens with zero attached hydrogens (tertiary/aromatic N) is 5. The lowest BCUT2D eigenvalue weighted by Crippen LogP contribution is -2.41. The Bertz CT molecular complexity index is 670. The zero-order chi connectivity index (χ0) is 20.1. The number of rotatable bonds is 10. The number of carbonyl (C=O) groups is 2. The molecule has 10 nitrogen and oxygen atoms in total. The summed E-state index contributed by atoms with van der Waals surface area (Å²) in [6.07, 6.45) is 7.55. The molecule has 10 heteroatoms. The van der Waals surface area contributed by atoms with Crippen LogP contribution in [-0.4, -0.2) is 58.2 Å². The van der Waals surface area contributed by atoms with Crippen LogP contribution >= 0.6 is 0 Å². The molecule has 2 aliphatic carbocycles. The van der Waals surface area contributed by atoms with E-state index in [2.05, 4.69) is 25.8 Å². The number of aromatic nitrogens is 3. The van der Waals surface area contributed by atoms with E-state index in [0.29, 0.717) is 35.7 Å². The van der Waals surface area contributed by atoms with Crippen molar-refractivity contribution >= 4 is 24.2 Å². The minimum absolute atomic E-state index is 0.0407. The van der Waals surface area contributed by atoms with Gasteiger partial charge in [0.2, 0.25) is 24.2 Å². The van der Waals surface area contributed by atoms with Gasteiger partial charge in [-0.25, -0.2) is 5.06 Å². The molecule has 1 aromatic rings. The zero-order valence-corrected chi connectivity index (χ0v) is 16.5. The molecule has 0 aromatic carbocycles. The molecule has 0 aliphatic heterocycles. The Morgan fingerprint density at radius 2 is 1.93 bits per heavy atom. The summed E-state index contributed by atoms with van der Waals surface area (Å²) in [5, 5.41) is 10.1. The molecule has 2 aliphatic rings. The molecule has 154 valence electrons. The first-order valence-electron chi connectivity index (χ1n) is 9.86. The lowest BCUT2D eigenvalue weighted by atomic mass is 9.92. The Kier molecular flexibility index (Phi) is 6.61. The van der Waals surface area contributed by atoms with Gasteiger partial charge in [0.05, 0.1) is 12.5 Å². The molecule has 2 amide bonds. The summed E-state index contributed by atoms with van der Waals surface area (Å²) in [7, 11) is 3.70. The third-order valence-electron chi connectivity index (χ3n) is 5.27. The van der Waals surface area contributed by atoms with E-state index in [1.807, 2.05) is 14.1 Å². The SMILES string of the molecule is CN(C)c1nc(NNC(=O)[C@@H](CC2CCCC2)CN(O)C=O)nc(C2CC2)n1. The van der Waals surface area contributed by atoms with Crippen LogP contribution in [0, 0.1) is 11.8 Å². The van der Waals surface area contributed by atoms with Crippen molar-refractivity contribution in [1.82, 2.24) is 25.4 Å². The van der Waals surface area contributed by atoms with E-state index < -0.39 is 5.92 Å². The quantitative estimate of drug-likeness (QED) is 0.310. The molecular formula is C18H29N7O3. The molecule has 3 N–H and O–H groups in total. The molecule has 0 bridgehead atoms. The van der Waals surface area contributed by atoms with Gasteiger partial charge in [-0.15, -0.1) is 0 Å². The Morgan fingerprint density at radius 3 is 2.54 bits per heavy atom. The second kappa shape index (κ2) is 9.13. The van der Waals surface area contributed by atoms with Gasteiger partial charge in [0.15, 0.2) is 0 Å². The van der Waals surface area contributed by atoms with Crippen LogP contribution in [0.5, 0.6) is 0 Å². The molecule has 0 radical (unpaired) electrons. The standard InChI is InChI=1S/C18H29N7O3/c1-24(2)18-20-15(13-7-8-13)19-17(21-18)23-22-16(27)14(10-25(28)11-26)9-12-5-3-4-6-12/h11-14,28H,3-10H2,1-2H3,(H,22,27)(H,19,20,21,23)/t14-/m0/s1. The van der Waals surface area contributed by atoms with Crippen LogP contribution in [0.15, 0.2) is 0 Å². The van der Waals surface area contributed by atoms with Crippen LogP contribution in [0.3, 0.4) is 0 Å². The van der Waals surface area contributed by atoms with E-state index in [0.717, 1.165) is 44.3 Å². The highest BCUT2D eigenvalue weighted by Gasteiger charge is 2.29. The van der Waals surface area contributed by atoms with E-state index in [-0.39, 0.29) is 18.4 Å². The molecule has 1 heterocycles. The Morgan fingerprint density at radius 1 is 1.21 bits per heavy atom. The number of amides is 2. The first kappa shape index (κ1) is 20.2. The van der Waals surface area contributed by atoms with E-state index in [1.54, 1.807) is 4.90 Å². The van der Waals surface area contributed by atoms with Crippen LogP contribution in [0.2, 0.25) is 0 Å². The van der Waals surface area contributed by atoms with Crippen LogP contribution in [0.1, 0.15) is 56.7 Å². The minimum Gasteiger partial charge on any atom is -0.347 e. The van der Waals surface area contributed by atoms with Crippen molar-refractivity contribution in [1.29, 1.82) is 0 Å². The summed E-state index contributed by atoms with van der Waals surface area (Å²) in [5.74, 6) is 1.51. The summed E-state index contributed by atoms with van der Waals surface area (Å²) in [6.45, 7) is -0.0407. The Balaban J connectivity index is 1.64. The Labute approximate surface area is 164 Å². The second-order valence-corrected chi connectivity index (χ2v) is 7.91. The van der Waals surface area contributed by atoms with Crippen molar-refractivity contribution in [3.8, 4) is 0 Å². The summed E-state index contributed by atoms with van der Waals surface area (Å²) in [5.41, 5.74) is 5.42. The highest BCUT2D eigenvalue weighted by atomic mass is 16.5. The summed E-state index contributed by atoms with van der Waals surface area (Å²) in [6, 6.07) is 0. The minimum atomic E-state index is -0.510. The maximum absolute atomic E-state index is 12.7. The lowest BCUT2D eigenvalue weighted by Gasteiger charge is -2.22. The van der Waals surface area contributed by atoms with Gasteiger partial charge >= 0.3 is 0 Å². The predicted octanol–water partition coefficient (Wildman–Crippen LogP) is 1.30. The fourth-order valence-corrected chi connectivity index (χ4v) is 3.56. The molecule has 1 aromatic heterocycles. The molecule has 0 spiro atoms. The second-order valence-electron chi connectivity index (χ2n) is 7.91. The molecule has 1 atom stereocenters. The number of hydrazine groups is 1. The van der Waals surface area contributed by atoms with E-state index in [4.69, 9.17) is 0 Å². The molecule has 3 rings (SSSR count). The number of anilines is 2. The van der Waals surface area contributed by atoms with Gasteiger partial charge in [-0.05, 0) is 25.2 Å². The zero-order valence-electron chi connectivity index (χ0n) is 16.5. The third kappa shape index (κ3) is 5.51. The third-order valence-corrected chi connectivity index (χ3v) is 5.27. The average molecular weight is 391 g/mol. The maximum atomic E-state index is 12.7. The highest BCUT2D eigenvalue weighted by molar-refractivity contribution is 5.80. The summed E-state index contributed by atoms with van der Waals surface area (Å²) < 4.78 is 0. The molecule has 28 heavy (non-hydrogen) atoms. The smallest absolute Gasteiger partial charge is 0.246 e. The fourth-order valence-electron chi connectivity index (χ4n) is 3.56. The molecule has 2 saturated carbocycles. The van der Waals surface area contributed by atoms with E-state index >= 15 is 0 Å². The topological polar surface area (TPSA) is 124 Å². The van der Waals surface area contributed by atoms with Gasteiger partial charge < -0.3 is 4.90 Å². The van der Waals surface area contributed by atoms with E-state index in [1.165, 1.54) is 0 Å². The largest absolute Gasteiger partial charge is 0.347 e. The van der Waals surface area contributed by atoms with Crippen molar-refractivity contribution in [3.63, 3.8) is 0 Å². The van der Waals surface area contributed by atoms with Crippen molar-refractivity contribution in [3.05, 3.63) is 5.82 Å². The van der Waals surface area contributed by atoms with Crippen molar-refractivity contribution in [2.45, 2.75) is 50.9 Å². The predicted molar refractivity (Wildman–Crippen MR) is 103 cm³/mol. The summed E-state index contributed by atoms with van der Waals surface area (Å²) in [4.78, 5) is 38.4. The fraction of sp³-hybridized carbons (Fsp3) is 0.722. The normalized spacial score (nSPS) is 17.8. The maximum Gasteiger partial charge on any atom is 0.246 e. The first-order chi connectivity index (χ1) is 13.5. The number of nitrogens with one attached hydrogen (secondary N) is 2. The van der Waals surface area contributed by atoms with Crippen LogP contribution in [-0.2, 0) is 9.59 Å². The van der Waals surface area contributed by atoms with E-state index in [9.17, 15) is 14.8 Å². The van der Waals surface area contributed by atoms with Crippen LogP contribution in [0.25, 0.3) is 0 Å². The number of hydrogen-bond donors (Lipinski definition) is 3. The van der Waals surface area contributed by atoms with Gasteiger partial charge in [-0.3, -0.25) is 25.6 Å². The summed E-state index contributed by atoms with van der Waals surface area (Å²) >= 11 is 0. The van der Waals surface area contributed by atoms with Gasteiger partial charge in [0.1, 0.15) is 5.82 Å². The van der Waals surface area contributed by atoms with Gasteiger partial charge in [-0.2, -0.15) is 15.0 Å². The van der Waals surface area contributed by atoms with Gasteiger partial charge in [0, 0.05) is 20.0 Å². The Hall–Kier alpha value is -2.49.